The third-order valence-electron chi connectivity index (χ3n) is 5.06. The van der Waals surface area contributed by atoms with Crippen molar-refractivity contribution in [2.24, 2.45) is 0 Å². The number of nitrogens with one attached hydrogen (secondary N) is 1. The number of rotatable bonds is 7. The number of halogens is 1. The molecule has 0 aliphatic carbocycles. The number of amides is 1. The van der Waals surface area contributed by atoms with Gasteiger partial charge in [-0.05, 0) is 41.8 Å². The molecular formula is C24H22FN3O3S. The molecule has 0 spiro atoms. The van der Waals surface area contributed by atoms with Gasteiger partial charge in [0.2, 0.25) is 5.91 Å². The molecule has 6 nitrogen and oxygen atoms in total. The molecule has 3 aromatic carbocycles. The molecule has 0 unspecified atom stereocenters. The highest BCUT2D eigenvalue weighted by atomic mass is 32.2. The lowest BCUT2D eigenvalue weighted by Crippen LogP contribution is -2.13. The molecule has 0 fully saturated rings. The number of aryl methyl sites for hydroxylation is 1. The summed E-state index contributed by atoms with van der Waals surface area (Å²) in [6.45, 7) is 0.358. The summed E-state index contributed by atoms with van der Waals surface area (Å²) in [5.74, 6) is -0.537. The molecule has 1 N–H and O–H groups in total. The highest BCUT2D eigenvalue weighted by molar-refractivity contribution is 7.91. The molecule has 0 aliphatic rings. The van der Waals surface area contributed by atoms with E-state index in [2.05, 4.69) is 10.4 Å². The predicted molar refractivity (Wildman–Crippen MR) is 122 cm³/mol. The van der Waals surface area contributed by atoms with Gasteiger partial charge in [-0.3, -0.25) is 9.48 Å². The number of anilines is 1. The molecule has 0 saturated heterocycles. The van der Waals surface area contributed by atoms with Crippen molar-refractivity contribution in [3.63, 3.8) is 0 Å². The van der Waals surface area contributed by atoms with E-state index >= 15 is 0 Å². The summed E-state index contributed by atoms with van der Waals surface area (Å²) in [4.78, 5) is 12.5. The minimum absolute atomic E-state index is 0.0960. The molecule has 8 heteroatoms. The van der Waals surface area contributed by atoms with Gasteiger partial charge < -0.3 is 5.32 Å². The van der Waals surface area contributed by atoms with Crippen molar-refractivity contribution in [1.82, 2.24) is 9.78 Å². The summed E-state index contributed by atoms with van der Waals surface area (Å²) in [5, 5.41) is 7.73. The number of nitrogens with zero attached hydrogens (tertiary/aromatic N) is 2. The SMILES string of the molecule is CS(=O)(=O)c1cc(NC(=O)CCc2ccccc2)cc2nn(Cc3ccc(F)cc3)cc12. The van der Waals surface area contributed by atoms with Crippen molar-refractivity contribution < 1.29 is 17.6 Å². The molecule has 0 bridgehead atoms. The second-order valence-corrected chi connectivity index (χ2v) is 9.65. The second-order valence-electron chi connectivity index (χ2n) is 7.67. The maximum Gasteiger partial charge on any atom is 0.224 e. The van der Waals surface area contributed by atoms with Gasteiger partial charge >= 0.3 is 0 Å². The molecule has 1 heterocycles. The molecule has 0 radical (unpaired) electrons. The monoisotopic (exact) mass is 451 g/mol. The van der Waals surface area contributed by atoms with Crippen LogP contribution < -0.4 is 5.32 Å². The van der Waals surface area contributed by atoms with Crippen LogP contribution in [-0.2, 0) is 27.6 Å². The van der Waals surface area contributed by atoms with Gasteiger partial charge in [0.15, 0.2) is 9.84 Å². The van der Waals surface area contributed by atoms with Gasteiger partial charge in [-0.1, -0.05) is 42.5 Å². The van der Waals surface area contributed by atoms with Gasteiger partial charge in [0, 0.05) is 29.9 Å². The lowest BCUT2D eigenvalue weighted by molar-refractivity contribution is -0.116. The van der Waals surface area contributed by atoms with Crippen LogP contribution in [0.15, 0.2) is 77.8 Å². The van der Waals surface area contributed by atoms with Crippen LogP contribution in [0.25, 0.3) is 10.9 Å². The van der Waals surface area contributed by atoms with E-state index in [-0.39, 0.29) is 23.0 Å². The summed E-state index contributed by atoms with van der Waals surface area (Å²) in [6, 6.07) is 18.8. The maximum absolute atomic E-state index is 13.2. The minimum Gasteiger partial charge on any atom is -0.326 e. The normalized spacial score (nSPS) is 11.6. The van der Waals surface area contributed by atoms with Crippen LogP contribution in [0.5, 0.6) is 0 Å². The standard InChI is InChI=1S/C24H22FN3O3S/c1-32(30,31)23-14-20(26-24(29)12-9-17-5-3-2-4-6-17)13-22-21(23)16-28(27-22)15-18-7-10-19(25)11-8-18/h2-8,10-11,13-14,16H,9,12,15H2,1H3,(H,26,29). The zero-order valence-electron chi connectivity index (χ0n) is 17.5. The van der Waals surface area contributed by atoms with Gasteiger partial charge in [0.1, 0.15) is 5.82 Å². The first-order chi connectivity index (χ1) is 15.3. The first-order valence-corrected chi connectivity index (χ1v) is 12.0. The smallest absolute Gasteiger partial charge is 0.224 e. The van der Waals surface area contributed by atoms with Crippen LogP contribution in [0, 0.1) is 5.82 Å². The topological polar surface area (TPSA) is 81.1 Å². The molecule has 0 aliphatic heterocycles. The van der Waals surface area contributed by atoms with Crippen LogP contribution in [0.3, 0.4) is 0 Å². The van der Waals surface area contributed by atoms with E-state index in [0.29, 0.717) is 29.6 Å². The fourth-order valence-electron chi connectivity index (χ4n) is 3.50. The Morgan fingerprint density at radius 2 is 1.75 bits per heavy atom. The Balaban J connectivity index is 1.59. The van der Waals surface area contributed by atoms with Crippen molar-refractivity contribution in [2.75, 3.05) is 11.6 Å². The van der Waals surface area contributed by atoms with E-state index in [4.69, 9.17) is 0 Å². The van der Waals surface area contributed by atoms with E-state index in [1.807, 2.05) is 30.3 Å². The molecule has 0 atom stereocenters. The average molecular weight is 452 g/mol. The number of aromatic nitrogens is 2. The van der Waals surface area contributed by atoms with Gasteiger partial charge in [0.05, 0.1) is 17.0 Å². The third-order valence-corrected chi connectivity index (χ3v) is 6.20. The van der Waals surface area contributed by atoms with Crippen molar-refractivity contribution in [2.45, 2.75) is 24.3 Å². The highest BCUT2D eigenvalue weighted by Gasteiger charge is 2.17. The second kappa shape index (κ2) is 8.92. The molecule has 1 amide bonds. The number of hydrogen-bond donors (Lipinski definition) is 1. The van der Waals surface area contributed by atoms with Crippen LogP contribution in [0.4, 0.5) is 10.1 Å². The van der Waals surface area contributed by atoms with Gasteiger partial charge in [-0.2, -0.15) is 5.10 Å². The zero-order chi connectivity index (χ0) is 22.7. The predicted octanol–water partition coefficient (Wildman–Crippen LogP) is 4.20. The minimum atomic E-state index is -3.56. The molecular weight excluding hydrogens is 429 g/mol. The Kier molecular flexibility index (Phi) is 6.05. The quantitative estimate of drug-likeness (QED) is 0.457. The van der Waals surface area contributed by atoms with E-state index in [9.17, 15) is 17.6 Å². The summed E-state index contributed by atoms with van der Waals surface area (Å²) < 4.78 is 39.6. The Hall–Kier alpha value is -3.52. The molecule has 164 valence electrons. The van der Waals surface area contributed by atoms with Crippen molar-refractivity contribution >= 4 is 32.3 Å². The summed E-state index contributed by atoms with van der Waals surface area (Å²) >= 11 is 0. The molecule has 4 aromatic rings. The summed E-state index contributed by atoms with van der Waals surface area (Å²) in [7, 11) is -3.56. The number of carbonyl (C=O) groups excluding carboxylic acids is 1. The van der Waals surface area contributed by atoms with Crippen LogP contribution in [-0.4, -0.2) is 30.4 Å². The van der Waals surface area contributed by atoms with Crippen molar-refractivity contribution in [3.05, 3.63) is 89.9 Å². The largest absolute Gasteiger partial charge is 0.326 e. The number of sulfone groups is 1. The number of benzene rings is 3. The molecule has 32 heavy (non-hydrogen) atoms. The van der Waals surface area contributed by atoms with Gasteiger partial charge in [-0.25, -0.2) is 12.8 Å². The maximum atomic E-state index is 13.2. The third kappa shape index (κ3) is 5.20. The zero-order valence-corrected chi connectivity index (χ0v) is 18.3. The van der Waals surface area contributed by atoms with Crippen molar-refractivity contribution in [1.29, 1.82) is 0 Å². The van der Waals surface area contributed by atoms with E-state index in [1.165, 1.54) is 18.2 Å². The summed E-state index contributed by atoms with van der Waals surface area (Å²) in [5.41, 5.74) is 2.71. The number of fused-ring (bicyclic) bond motifs is 1. The summed E-state index contributed by atoms with van der Waals surface area (Å²) in [6.07, 6.45) is 3.63. The Morgan fingerprint density at radius 3 is 2.44 bits per heavy atom. The van der Waals surface area contributed by atoms with Crippen LogP contribution in [0.2, 0.25) is 0 Å². The fourth-order valence-corrected chi connectivity index (χ4v) is 4.40. The van der Waals surface area contributed by atoms with Gasteiger partial charge in [0.25, 0.3) is 0 Å². The highest BCUT2D eigenvalue weighted by Crippen LogP contribution is 2.27. The lowest BCUT2D eigenvalue weighted by atomic mass is 10.1. The van der Waals surface area contributed by atoms with Crippen LogP contribution in [0.1, 0.15) is 17.5 Å². The Morgan fingerprint density at radius 1 is 1.03 bits per heavy atom. The first-order valence-electron chi connectivity index (χ1n) is 10.1. The Bertz CT molecular complexity index is 1370. The van der Waals surface area contributed by atoms with E-state index < -0.39 is 9.84 Å². The fraction of sp³-hybridized carbons (Fsp3) is 0.167. The van der Waals surface area contributed by atoms with Crippen LogP contribution >= 0.6 is 0 Å². The van der Waals surface area contributed by atoms with Gasteiger partial charge in [-0.15, -0.1) is 0 Å². The lowest BCUT2D eigenvalue weighted by Gasteiger charge is -2.08. The number of hydrogen-bond acceptors (Lipinski definition) is 4. The van der Waals surface area contributed by atoms with E-state index in [0.717, 1.165) is 17.4 Å². The van der Waals surface area contributed by atoms with E-state index in [1.54, 1.807) is 29.1 Å². The Labute approximate surface area is 185 Å². The molecule has 1 aromatic heterocycles. The first kappa shape index (κ1) is 21.7. The average Bonchev–Trinajstić information content (AvgIpc) is 3.15. The number of carbonyl (C=O) groups is 1. The molecule has 0 saturated carbocycles. The van der Waals surface area contributed by atoms with Crippen molar-refractivity contribution in [3.8, 4) is 0 Å². The molecule has 4 rings (SSSR count).